The maximum atomic E-state index is 13.5. The average molecular weight is 504 g/mol. The van der Waals surface area contributed by atoms with Crippen LogP contribution in [0, 0.1) is 26.4 Å². The standard InChI is InChI=1S/C24H23Cl2N3O5/c1-22(2)23(3)10-11-24(22,21(31)27-15-5-7-16(8-6-15)29(32)33)13-19(23)28-34-20(30)17-9-4-14(25)12-18(17)26/h4-9,12H,10-11,13H2,1-3H3,(H,27,31). The van der Waals surface area contributed by atoms with Crippen molar-refractivity contribution in [3.05, 3.63) is 68.2 Å². The number of carbonyl (C=O) groups excluding carboxylic acids is 2. The zero-order valence-corrected chi connectivity index (χ0v) is 20.4. The molecule has 8 nitrogen and oxygen atoms in total. The maximum Gasteiger partial charge on any atom is 0.367 e. The molecule has 0 spiro atoms. The number of hydrogen-bond acceptors (Lipinski definition) is 6. The van der Waals surface area contributed by atoms with E-state index in [1.165, 1.54) is 42.5 Å². The molecular weight excluding hydrogens is 481 g/mol. The minimum Gasteiger partial charge on any atom is -0.326 e. The largest absolute Gasteiger partial charge is 0.367 e. The number of hydrogen-bond donors (Lipinski definition) is 1. The molecule has 0 saturated heterocycles. The number of oxime groups is 1. The lowest BCUT2D eigenvalue weighted by Crippen LogP contribution is -2.43. The molecule has 2 bridgehead atoms. The molecule has 2 unspecified atom stereocenters. The Bertz CT molecular complexity index is 1230. The summed E-state index contributed by atoms with van der Waals surface area (Å²) in [5.41, 5.74) is -0.494. The summed E-state index contributed by atoms with van der Waals surface area (Å²) in [5.74, 6) is -0.893. The van der Waals surface area contributed by atoms with Gasteiger partial charge in [-0.15, -0.1) is 0 Å². The summed E-state index contributed by atoms with van der Waals surface area (Å²) in [6, 6.07) is 10.2. The Labute approximate surface area is 206 Å². The summed E-state index contributed by atoms with van der Waals surface area (Å²) in [5, 5.41) is 18.6. The van der Waals surface area contributed by atoms with Crippen LogP contribution in [0.15, 0.2) is 47.6 Å². The minimum absolute atomic E-state index is 0.0529. The lowest BCUT2D eigenvalue weighted by atomic mass is 9.64. The molecule has 10 heteroatoms. The van der Waals surface area contributed by atoms with E-state index in [1.807, 2.05) is 20.8 Å². The van der Waals surface area contributed by atoms with Gasteiger partial charge in [0.05, 0.1) is 26.6 Å². The van der Waals surface area contributed by atoms with Crippen molar-refractivity contribution in [2.75, 3.05) is 5.32 Å². The van der Waals surface area contributed by atoms with Crippen LogP contribution in [-0.4, -0.2) is 22.5 Å². The van der Waals surface area contributed by atoms with Gasteiger partial charge in [-0.3, -0.25) is 14.9 Å². The summed E-state index contributed by atoms with van der Waals surface area (Å²) in [6.45, 7) is 6.08. The van der Waals surface area contributed by atoms with Crippen molar-refractivity contribution in [3.63, 3.8) is 0 Å². The number of nitro benzene ring substituents is 1. The number of benzene rings is 2. The number of non-ortho nitro benzene ring substituents is 1. The summed E-state index contributed by atoms with van der Waals surface area (Å²) in [4.78, 5) is 41.7. The first-order valence-corrected chi connectivity index (χ1v) is 11.5. The quantitative estimate of drug-likeness (QED) is 0.293. The van der Waals surface area contributed by atoms with Crippen molar-refractivity contribution >= 4 is 52.2 Å². The van der Waals surface area contributed by atoms with Crippen LogP contribution in [0.25, 0.3) is 0 Å². The van der Waals surface area contributed by atoms with Crippen molar-refractivity contribution in [2.45, 2.75) is 40.0 Å². The highest BCUT2D eigenvalue weighted by molar-refractivity contribution is 6.36. The summed E-state index contributed by atoms with van der Waals surface area (Å²) in [6.07, 6.45) is 1.67. The second-order valence-electron chi connectivity index (χ2n) is 9.51. The van der Waals surface area contributed by atoms with Crippen LogP contribution >= 0.6 is 23.2 Å². The second kappa shape index (κ2) is 8.36. The normalized spacial score (nSPS) is 25.9. The summed E-state index contributed by atoms with van der Waals surface area (Å²) < 4.78 is 0. The number of rotatable bonds is 5. The molecule has 0 radical (unpaired) electrons. The molecule has 2 aromatic rings. The van der Waals surface area contributed by atoms with Crippen molar-refractivity contribution in [1.82, 2.24) is 0 Å². The lowest BCUT2D eigenvalue weighted by Gasteiger charge is -2.39. The van der Waals surface area contributed by atoms with Gasteiger partial charge < -0.3 is 10.2 Å². The van der Waals surface area contributed by atoms with E-state index in [-0.39, 0.29) is 22.2 Å². The molecule has 2 atom stereocenters. The highest BCUT2D eigenvalue weighted by atomic mass is 35.5. The smallest absolute Gasteiger partial charge is 0.326 e. The first-order valence-electron chi connectivity index (χ1n) is 10.7. The third-order valence-corrected chi connectivity index (χ3v) is 8.44. The molecule has 34 heavy (non-hydrogen) atoms. The molecule has 2 fully saturated rings. The number of amides is 1. The number of nitrogens with zero attached hydrogens (tertiary/aromatic N) is 2. The number of nitro groups is 1. The molecule has 2 aliphatic rings. The third kappa shape index (κ3) is 3.65. The number of anilines is 1. The van der Waals surface area contributed by atoms with Gasteiger partial charge in [-0.25, -0.2) is 4.79 Å². The van der Waals surface area contributed by atoms with Gasteiger partial charge in [0, 0.05) is 34.7 Å². The number of fused-ring (bicyclic) bond motifs is 2. The molecule has 1 amide bonds. The van der Waals surface area contributed by atoms with Crippen molar-refractivity contribution in [3.8, 4) is 0 Å². The topological polar surface area (TPSA) is 111 Å². The molecule has 4 rings (SSSR count). The van der Waals surface area contributed by atoms with E-state index in [2.05, 4.69) is 10.5 Å². The Morgan fingerprint density at radius 2 is 1.76 bits per heavy atom. The van der Waals surface area contributed by atoms with E-state index < -0.39 is 27.1 Å². The van der Waals surface area contributed by atoms with Crippen LogP contribution in [0.4, 0.5) is 11.4 Å². The zero-order chi connectivity index (χ0) is 24.9. The van der Waals surface area contributed by atoms with Gasteiger partial charge >= 0.3 is 5.97 Å². The van der Waals surface area contributed by atoms with Gasteiger partial charge in [-0.05, 0) is 48.6 Å². The molecule has 0 heterocycles. The Hall–Kier alpha value is -2.97. The predicted octanol–water partition coefficient (Wildman–Crippen LogP) is 6.27. The Balaban J connectivity index is 1.57. The van der Waals surface area contributed by atoms with E-state index >= 15 is 0 Å². The third-order valence-electron chi connectivity index (χ3n) is 7.89. The van der Waals surface area contributed by atoms with E-state index in [0.717, 1.165) is 0 Å². The summed E-state index contributed by atoms with van der Waals surface area (Å²) in [7, 11) is 0. The number of carbonyl (C=O) groups is 2. The average Bonchev–Trinajstić information content (AvgIpc) is 3.08. The van der Waals surface area contributed by atoms with Gasteiger partial charge in [-0.1, -0.05) is 49.1 Å². The fourth-order valence-electron chi connectivity index (χ4n) is 5.24. The van der Waals surface area contributed by atoms with Crippen molar-refractivity contribution in [1.29, 1.82) is 0 Å². The highest BCUT2D eigenvalue weighted by Gasteiger charge is 2.71. The van der Waals surface area contributed by atoms with Crippen LogP contribution in [0.1, 0.15) is 50.4 Å². The Morgan fingerprint density at radius 3 is 2.38 bits per heavy atom. The molecule has 2 saturated carbocycles. The van der Waals surface area contributed by atoms with E-state index in [9.17, 15) is 19.7 Å². The van der Waals surface area contributed by atoms with Crippen molar-refractivity contribution < 1.29 is 19.3 Å². The van der Waals surface area contributed by atoms with Gasteiger partial charge in [0.1, 0.15) is 0 Å². The SMILES string of the molecule is CC12CCC(C(=O)Nc3ccc([N+](=O)[O-])cc3)(CC1=NOC(=O)c1ccc(Cl)cc1Cl)C2(C)C. The number of nitrogens with one attached hydrogen (secondary N) is 1. The van der Waals surface area contributed by atoms with E-state index in [4.69, 9.17) is 28.0 Å². The van der Waals surface area contributed by atoms with Gasteiger partial charge in [0.25, 0.3) is 5.69 Å². The lowest BCUT2D eigenvalue weighted by molar-refractivity contribution is -0.384. The van der Waals surface area contributed by atoms with Crippen LogP contribution in [-0.2, 0) is 9.63 Å². The van der Waals surface area contributed by atoms with E-state index in [1.54, 1.807) is 0 Å². The van der Waals surface area contributed by atoms with Gasteiger partial charge in [0.15, 0.2) is 0 Å². The van der Waals surface area contributed by atoms with Crippen LogP contribution in [0.2, 0.25) is 10.0 Å². The predicted molar refractivity (Wildman–Crippen MR) is 129 cm³/mol. The second-order valence-corrected chi connectivity index (χ2v) is 10.4. The molecule has 1 N–H and O–H groups in total. The highest BCUT2D eigenvalue weighted by Crippen LogP contribution is 2.71. The molecule has 2 aromatic carbocycles. The first kappa shape index (κ1) is 24.2. The van der Waals surface area contributed by atoms with Gasteiger partial charge in [-0.2, -0.15) is 0 Å². The number of halogens is 2. The van der Waals surface area contributed by atoms with Crippen molar-refractivity contribution in [2.24, 2.45) is 21.4 Å². The Kier molecular flexibility index (Phi) is 5.94. The minimum atomic E-state index is -0.771. The molecule has 178 valence electrons. The van der Waals surface area contributed by atoms with E-state index in [0.29, 0.717) is 35.7 Å². The molecule has 0 aliphatic heterocycles. The van der Waals surface area contributed by atoms with Gasteiger partial charge in [0.2, 0.25) is 5.91 Å². The monoisotopic (exact) mass is 503 g/mol. The molecule has 0 aromatic heterocycles. The van der Waals surface area contributed by atoms with Crippen LogP contribution < -0.4 is 5.32 Å². The molecular formula is C24H23Cl2N3O5. The maximum absolute atomic E-state index is 13.5. The zero-order valence-electron chi connectivity index (χ0n) is 18.9. The first-order chi connectivity index (χ1) is 15.9. The van der Waals surface area contributed by atoms with Crippen LogP contribution in [0.5, 0.6) is 0 Å². The molecule has 2 aliphatic carbocycles. The Morgan fingerprint density at radius 1 is 1.09 bits per heavy atom. The fourth-order valence-corrected chi connectivity index (χ4v) is 5.73. The van der Waals surface area contributed by atoms with Crippen LogP contribution in [0.3, 0.4) is 0 Å². The summed E-state index contributed by atoms with van der Waals surface area (Å²) >= 11 is 12.0. The fraction of sp³-hybridized carbons (Fsp3) is 0.375.